The number of aromatic nitrogens is 2. The van der Waals surface area contributed by atoms with E-state index in [4.69, 9.17) is 15.0 Å². The van der Waals surface area contributed by atoms with E-state index in [1.54, 1.807) is 0 Å². The largest absolute Gasteiger partial charge is 0.472 e. The van der Waals surface area contributed by atoms with Crippen molar-refractivity contribution in [3.05, 3.63) is 71.9 Å². The van der Waals surface area contributed by atoms with Crippen LogP contribution in [0.25, 0.3) is 0 Å². The number of hydrogen-bond acceptors (Lipinski definition) is 7. The number of nitrogens with zero attached hydrogens (tertiary/aromatic N) is 4. The fraction of sp³-hybridized carbons (Fsp3) is 0.261. The maximum absolute atomic E-state index is 9.01. The van der Waals surface area contributed by atoms with Gasteiger partial charge in [0.15, 0.2) is 0 Å². The molecule has 152 valence electrons. The molecule has 6 nitrogen and oxygen atoms in total. The molecule has 4 rings (SSSR count). The molecular formula is C23H23N5OS. The lowest BCUT2D eigenvalue weighted by atomic mass is 10.2. The minimum atomic E-state index is 0.317. The molecule has 1 fully saturated rings. The number of nitrogens with one attached hydrogen (secondary N) is 1. The molecule has 1 aliphatic heterocycles. The number of benzene rings is 2. The van der Waals surface area contributed by atoms with Crippen molar-refractivity contribution in [3.63, 3.8) is 0 Å². The standard InChI is InChI=1S/C23H23N5OS/c1-17-14-25-11-12-28(17)23-26-15-21(30-20-9-7-18(13-24)8-10-20)22(27-23)29-16-19-5-3-2-4-6-19/h2-10,15,17,25H,11-12,14,16H2,1H3. The van der Waals surface area contributed by atoms with Gasteiger partial charge >= 0.3 is 0 Å². The third-order valence-electron chi connectivity index (χ3n) is 4.90. The van der Waals surface area contributed by atoms with E-state index in [1.165, 1.54) is 11.8 Å². The minimum absolute atomic E-state index is 0.317. The van der Waals surface area contributed by atoms with E-state index < -0.39 is 0 Å². The van der Waals surface area contributed by atoms with Gasteiger partial charge in [0.1, 0.15) is 6.61 Å². The summed E-state index contributed by atoms with van der Waals surface area (Å²) in [6, 6.07) is 20.0. The summed E-state index contributed by atoms with van der Waals surface area (Å²) < 4.78 is 6.14. The quantitative estimate of drug-likeness (QED) is 0.652. The second kappa shape index (κ2) is 9.61. The molecule has 2 heterocycles. The molecule has 1 atom stereocenters. The molecule has 0 spiro atoms. The molecule has 0 bridgehead atoms. The smallest absolute Gasteiger partial charge is 0.232 e. The minimum Gasteiger partial charge on any atom is -0.472 e. The third kappa shape index (κ3) is 4.90. The predicted octanol–water partition coefficient (Wildman–Crippen LogP) is 3.88. The van der Waals surface area contributed by atoms with Crippen LogP contribution in [0.1, 0.15) is 18.1 Å². The van der Waals surface area contributed by atoms with Crippen LogP contribution in [-0.4, -0.2) is 35.6 Å². The van der Waals surface area contributed by atoms with E-state index in [0.717, 1.165) is 35.0 Å². The van der Waals surface area contributed by atoms with Gasteiger partial charge < -0.3 is 15.0 Å². The van der Waals surface area contributed by atoms with E-state index in [9.17, 15) is 0 Å². The van der Waals surface area contributed by atoms with Crippen LogP contribution in [0.2, 0.25) is 0 Å². The van der Waals surface area contributed by atoms with Crippen LogP contribution in [0.3, 0.4) is 0 Å². The Bertz CT molecular complexity index is 1020. The summed E-state index contributed by atoms with van der Waals surface area (Å²) in [5, 5.41) is 12.4. The maximum Gasteiger partial charge on any atom is 0.232 e. The predicted molar refractivity (Wildman–Crippen MR) is 118 cm³/mol. The molecule has 3 aromatic rings. The van der Waals surface area contributed by atoms with E-state index >= 15 is 0 Å². The topological polar surface area (TPSA) is 74.1 Å². The molecule has 0 radical (unpaired) electrons. The van der Waals surface area contributed by atoms with Gasteiger partial charge in [0, 0.05) is 30.6 Å². The van der Waals surface area contributed by atoms with Gasteiger partial charge in [-0.1, -0.05) is 42.1 Å². The summed E-state index contributed by atoms with van der Waals surface area (Å²) in [5.41, 5.74) is 1.72. The Morgan fingerprint density at radius 3 is 2.73 bits per heavy atom. The molecule has 1 N–H and O–H groups in total. The van der Waals surface area contributed by atoms with Crippen LogP contribution in [0.5, 0.6) is 5.88 Å². The first-order valence-electron chi connectivity index (χ1n) is 9.92. The third-order valence-corrected chi connectivity index (χ3v) is 5.91. The molecule has 7 heteroatoms. The van der Waals surface area contributed by atoms with Crippen molar-refractivity contribution in [2.45, 2.75) is 29.4 Å². The summed E-state index contributed by atoms with van der Waals surface area (Å²) in [7, 11) is 0. The van der Waals surface area contributed by atoms with Crippen molar-refractivity contribution >= 4 is 17.7 Å². The highest BCUT2D eigenvalue weighted by molar-refractivity contribution is 7.99. The highest BCUT2D eigenvalue weighted by atomic mass is 32.2. The Kier molecular flexibility index (Phi) is 6.47. The zero-order valence-electron chi connectivity index (χ0n) is 16.8. The van der Waals surface area contributed by atoms with Crippen molar-refractivity contribution in [1.29, 1.82) is 5.26 Å². The van der Waals surface area contributed by atoms with Crippen LogP contribution in [0.4, 0.5) is 5.95 Å². The van der Waals surface area contributed by atoms with Gasteiger partial charge in [-0.25, -0.2) is 4.98 Å². The van der Waals surface area contributed by atoms with E-state index in [2.05, 4.69) is 28.2 Å². The highest BCUT2D eigenvalue weighted by Crippen LogP contribution is 2.35. The lowest BCUT2D eigenvalue weighted by molar-refractivity contribution is 0.285. The Morgan fingerprint density at radius 1 is 1.20 bits per heavy atom. The monoisotopic (exact) mass is 417 g/mol. The summed E-state index contributed by atoms with van der Waals surface area (Å²) >= 11 is 1.53. The summed E-state index contributed by atoms with van der Waals surface area (Å²) in [6.45, 7) is 5.29. The number of ether oxygens (including phenoxy) is 1. The Balaban J connectivity index is 1.60. The first kappa shape index (κ1) is 20.2. The molecular weight excluding hydrogens is 394 g/mol. The van der Waals surface area contributed by atoms with Crippen molar-refractivity contribution in [2.24, 2.45) is 0 Å². The fourth-order valence-electron chi connectivity index (χ4n) is 3.25. The Hall–Kier alpha value is -3.08. The van der Waals surface area contributed by atoms with E-state index in [0.29, 0.717) is 30.0 Å². The lowest BCUT2D eigenvalue weighted by Crippen LogP contribution is -2.50. The lowest BCUT2D eigenvalue weighted by Gasteiger charge is -2.34. The van der Waals surface area contributed by atoms with Crippen molar-refractivity contribution < 1.29 is 4.74 Å². The number of rotatable bonds is 6. The fourth-order valence-corrected chi connectivity index (χ4v) is 4.07. The van der Waals surface area contributed by atoms with E-state index in [1.807, 2.05) is 60.8 Å². The molecule has 0 amide bonds. The van der Waals surface area contributed by atoms with Crippen molar-refractivity contribution in [1.82, 2.24) is 15.3 Å². The van der Waals surface area contributed by atoms with Gasteiger partial charge in [0.2, 0.25) is 11.8 Å². The number of hydrogen-bond donors (Lipinski definition) is 1. The maximum atomic E-state index is 9.01. The second-order valence-electron chi connectivity index (χ2n) is 7.10. The van der Waals surface area contributed by atoms with Crippen molar-refractivity contribution in [2.75, 3.05) is 24.5 Å². The molecule has 0 aliphatic carbocycles. The zero-order valence-corrected chi connectivity index (χ0v) is 17.6. The zero-order chi connectivity index (χ0) is 20.8. The van der Waals surface area contributed by atoms with Crippen LogP contribution < -0.4 is 15.0 Å². The molecule has 2 aromatic carbocycles. The first-order valence-corrected chi connectivity index (χ1v) is 10.7. The van der Waals surface area contributed by atoms with Crippen molar-refractivity contribution in [3.8, 4) is 11.9 Å². The molecule has 0 saturated carbocycles. The number of nitriles is 1. The van der Waals surface area contributed by atoms with Gasteiger partial charge in [-0.05, 0) is 36.8 Å². The summed E-state index contributed by atoms with van der Waals surface area (Å²) in [4.78, 5) is 13.5. The molecule has 1 unspecified atom stereocenters. The van der Waals surface area contributed by atoms with Crippen LogP contribution in [-0.2, 0) is 6.61 Å². The molecule has 1 saturated heterocycles. The average Bonchev–Trinajstić information content (AvgIpc) is 2.80. The van der Waals surface area contributed by atoms with Gasteiger partial charge in [0.05, 0.1) is 22.7 Å². The van der Waals surface area contributed by atoms with Crippen LogP contribution in [0, 0.1) is 11.3 Å². The number of anilines is 1. The van der Waals surface area contributed by atoms with E-state index in [-0.39, 0.29) is 0 Å². The van der Waals surface area contributed by atoms with Gasteiger partial charge in [0.25, 0.3) is 0 Å². The van der Waals surface area contributed by atoms with Gasteiger partial charge in [-0.2, -0.15) is 10.2 Å². The Labute approximate surface area is 180 Å². The van der Waals surface area contributed by atoms with Crippen LogP contribution >= 0.6 is 11.8 Å². The highest BCUT2D eigenvalue weighted by Gasteiger charge is 2.22. The second-order valence-corrected chi connectivity index (χ2v) is 8.21. The number of piperazine rings is 1. The normalized spacial score (nSPS) is 16.1. The first-order chi connectivity index (χ1) is 14.7. The molecule has 1 aromatic heterocycles. The van der Waals surface area contributed by atoms with Crippen LogP contribution in [0.15, 0.2) is 70.6 Å². The summed E-state index contributed by atoms with van der Waals surface area (Å²) in [5.74, 6) is 1.26. The summed E-state index contributed by atoms with van der Waals surface area (Å²) in [6.07, 6.45) is 1.83. The Morgan fingerprint density at radius 2 is 2.00 bits per heavy atom. The molecule has 30 heavy (non-hydrogen) atoms. The molecule has 1 aliphatic rings. The van der Waals surface area contributed by atoms with Gasteiger partial charge in [-0.15, -0.1) is 0 Å². The average molecular weight is 418 g/mol. The van der Waals surface area contributed by atoms with Gasteiger partial charge in [-0.3, -0.25) is 0 Å². The SMILES string of the molecule is CC1CNCCN1c1ncc(Sc2ccc(C#N)cc2)c(OCc2ccccc2)n1.